The van der Waals surface area contributed by atoms with E-state index in [1.807, 2.05) is 6.92 Å². The molecule has 1 aliphatic rings. The van der Waals surface area contributed by atoms with Crippen LogP contribution >= 0.6 is 15.9 Å². The number of allylic oxidation sites excluding steroid dienone is 2. The predicted molar refractivity (Wildman–Crippen MR) is 79.1 cm³/mol. The van der Waals surface area contributed by atoms with Crippen LogP contribution in [0.4, 0.5) is 0 Å². The molecule has 1 aromatic carbocycles. The molecule has 0 radical (unpaired) electrons. The molecule has 2 rings (SSSR count). The normalized spacial score (nSPS) is 14.6. The van der Waals surface area contributed by atoms with Crippen LogP contribution in [0.2, 0.25) is 0 Å². The Hall–Kier alpha value is -1.00. The van der Waals surface area contributed by atoms with Crippen molar-refractivity contribution in [2.45, 2.75) is 33.5 Å². The minimum Gasteiger partial charge on any atom is -0.507 e. The highest BCUT2D eigenvalue weighted by atomic mass is 79.9. The third kappa shape index (κ3) is 2.65. The van der Waals surface area contributed by atoms with Crippen molar-refractivity contribution in [2.24, 2.45) is 0 Å². The maximum atomic E-state index is 10.4. The summed E-state index contributed by atoms with van der Waals surface area (Å²) in [6.07, 6.45) is 2.77. The maximum absolute atomic E-state index is 10.4. The molecule has 0 aliphatic carbocycles. The number of halogens is 1. The summed E-state index contributed by atoms with van der Waals surface area (Å²) < 4.78 is 10.9. The van der Waals surface area contributed by atoms with Gasteiger partial charge in [-0.25, -0.2) is 0 Å². The average Bonchev–Trinajstić information content (AvgIpc) is 2.90. The minimum atomic E-state index is 0.327. The van der Waals surface area contributed by atoms with Gasteiger partial charge in [-0.3, -0.25) is 0 Å². The molecule has 4 heteroatoms. The number of aromatic hydroxyl groups is 1. The van der Waals surface area contributed by atoms with Gasteiger partial charge >= 0.3 is 0 Å². The molecule has 0 bridgehead atoms. The van der Waals surface area contributed by atoms with E-state index >= 15 is 0 Å². The lowest BCUT2D eigenvalue weighted by Gasteiger charge is -2.16. The quantitative estimate of drug-likeness (QED) is 0.678. The van der Waals surface area contributed by atoms with Crippen LogP contribution in [0.1, 0.15) is 29.2 Å². The monoisotopic (exact) mass is 326 g/mol. The van der Waals surface area contributed by atoms with Gasteiger partial charge in [0.15, 0.2) is 0 Å². The molecule has 19 heavy (non-hydrogen) atoms. The molecule has 1 aliphatic heterocycles. The first-order valence-electron chi connectivity index (χ1n) is 6.29. The molecule has 104 valence electrons. The Kier molecular flexibility index (Phi) is 4.53. The van der Waals surface area contributed by atoms with Crippen molar-refractivity contribution >= 4 is 15.9 Å². The predicted octanol–water partition coefficient (Wildman–Crippen LogP) is 3.62. The Morgan fingerprint density at radius 3 is 2.74 bits per heavy atom. The fourth-order valence-corrected chi connectivity index (χ4v) is 2.65. The number of phenols is 1. The van der Waals surface area contributed by atoms with E-state index in [0.717, 1.165) is 33.3 Å². The van der Waals surface area contributed by atoms with Gasteiger partial charge in [-0.05, 0) is 31.4 Å². The summed E-state index contributed by atoms with van der Waals surface area (Å²) in [6, 6.07) is 0. The molecular weight excluding hydrogens is 308 g/mol. The van der Waals surface area contributed by atoms with Gasteiger partial charge in [0.05, 0.1) is 20.3 Å². The topological polar surface area (TPSA) is 38.7 Å². The third-order valence-electron chi connectivity index (χ3n) is 3.57. The van der Waals surface area contributed by atoms with E-state index in [4.69, 9.17) is 9.47 Å². The number of fused-ring (bicyclic) bond motifs is 1. The Labute approximate surface area is 122 Å². The van der Waals surface area contributed by atoms with Gasteiger partial charge in [0.1, 0.15) is 11.5 Å². The summed E-state index contributed by atoms with van der Waals surface area (Å²) in [5.74, 6) is 1.11. The molecule has 1 N–H and O–H groups in total. The molecule has 0 saturated heterocycles. The largest absolute Gasteiger partial charge is 0.507 e. The van der Waals surface area contributed by atoms with Crippen LogP contribution in [0.25, 0.3) is 0 Å². The molecule has 1 heterocycles. The van der Waals surface area contributed by atoms with Gasteiger partial charge in [0.2, 0.25) is 0 Å². The van der Waals surface area contributed by atoms with Gasteiger partial charge < -0.3 is 14.6 Å². The first-order valence-corrected chi connectivity index (χ1v) is 7.41. The molecule has 0 saturated carbocycles. The maximum Gasteiger partial charge on any atom is 0.129 e. The van der Waals surface area contributed by atoms with E-state index in [1.54, 1.807) is 7.11 Å². The second kappa shape index (κ2) is 5.97. The molecule has 3 nitrogen and oxygen atoms in total. The van der Waals surface area contributed by atoms with E-state index in [1.165, 1.54) is 5.57 Å². The van der Waals surface area contributed by atoms with Crippen LogP contribution in [-0.2, 0) is 24.4 Å². The molecular formula is C15H19BrO3. The van der Waals surface area contributed by atoms with Crippen LogP contribution < -0.4 is 4.74 Å². The van der Waals surface area contributed by atoms with Crippen LogP contribution in [0.5, 0.6) is 11.5 Å². The molecule has 1 aromatic rings. The smallest absolute Gasteiger partial charge is 0.129 e. The van der Waals surface area contributed by atoms with Crippen LogP contribution in [-0.4, -0.2) is 17.5 Å². The molecule has 0 aromatic heterocycles. The molecule has 0 unspecified atom stereocenters. The highest BCUT2D eigenvalue weighted by Crippen LogP contribution is 2.41. The van der Waals surface area contributed by atoms with Crippen molar-refractivity contribution in [3.63, 3.8) is 0 Å². The zero-order chi connectivity index (χ0) is 14.0. The number of hydrogen-bond donors (Lipinski definition) is 1. The molecule has 0 amide bonds. The fourth-order valence-electron chi connectivity index (χ4n) is 2.42. The number of methoxy groups -OCH3 is 1. The van der Waals surface area contributed by atoms with E-state index in [9.17, 15) is 5.11 Å². The number of phenolic OH excluding ortho intramolecular Hbond substituents is 1. The highest BCUT2D eigenvalue weighted by Gasteiger charge is 2.25. The van der Waals surface area contributed by atoms with E-state index in [0.29, 0.717) is 25.4 Å². The summed E-state index contributed by atoms with van der Waals surface area (Å²) in [4.78, 5) is 0. The van der Waals surface area contributed by atoms with Crippen molar-refractivity contribution in [3.05, 3.63) is 33.9 Å². The fraction of sp³-hybridized carbons (Fsp3) is 0.467. The van der Waals surface area contributed by atoms with E-state index < -0.39 is 0 Å². The lowest BCUT2D eigenvalue weighted by atomic mass is 9.95. The van der Waals surface area contributed by atoms with Crippen molar-refractivity contribution in [2.75, 3.05) is 12.4 Å². The molecule has 0 spiro atoms. The summed E-state index contributed by atoms with van der Waals surface area (Å²) in [7, 11) is 1.65. The van der Waals surface area contributed by atoms with E-state index in [-0.39, 0.29) is 0 Å². The zero-order valence-corrected chi connectivity index (χ0v) is 13.1. The summed E-state index contributed by atoms with van der Waals surface area (Å²) in [5.41, 5.74) is 5.14. The van der Waals surface area contributed by atoms with Crippen LogP contribution in [0.3, 0.4) is 0 Å². The Bertz CT molecular complexity index is 521. The zero-order valence-electron chi connectivity index (χ0n) is 11.5. The van der Waals surface area contributed by atoms with Gasteiger partial charge in [-0.1, -0.05) is 27.6 Å². The average molecular weight is 327 g/mol. The summed E-state index contributed by atoms with van der Waals surface area (Å²) >= 11 is 3.42. The third-order valence-corrected chi connectivity index (χ3v) is 4.45. The van der Waals surface area contributed by atoms with Crippen molar-refractivity contribution in [1.29, 1.82) is 0 Å². The second-order valence-electron chi connectivity index (χ2n) is 4.82. The highest BCUT2D eigenvalue weighted by molar-refractivity contribution is 9.09. The lowest BCUT2D eigenvalue weighted by Crippen LogP contribution is -2.01. The number of rotatable bonds is 4. The number of ether oxygens (including phenoxy) is 2. The van der Waals surface area contributed by atoms with Gasteiger partial charge in [0.25, 0.3) is 0 Å². The van der Waals surface area contributed by atoms with Gasteiger partial charge in [-0.2, -0.15) is 0 Å². The molecule has 0 atom stereocenters. The van der Waals surface area contributed by atoms with Crippen LogP contribution in [0.15, 0.2) is 11.6 Å². The number of hydrogen-bond acceptors (Lipinski definition) is 3. The van der Waals surface area contributed by atoms with Gasteiger partial charge in [0, 0.05) is 16.5 Å². The number of alkyl halides is 1. The summed E-state index contributed by atoms with van der Waals surface area (Å²) in [6.45, 7) is 5.12. The Morgan fingerprint density at radius 2 is 2.11 bits per heavy atom. The first-order chi connectivity index (χ1) is 9.10. The standard InChI is InChI=1S/C15H19BrO3/c1-9(6-16)4-5-11-14(17)13-8-19-7-12(13)10(2)15(11)18-3/h4,17H,5-8H2,1-3H3. The van der Waals surface area contributed by atoms with Gasteiger partial charge in [-0.15, -0.1) is 0 Å². The summed E-state index contributed by atoms with van der Waals surface area (Å²) in [5, 5.41) is 11.3. The number of benzene rings is 1. The minimum absolute atomic E-state index is 0.327. The van der Waals surface area contributed by atoms with Crippen molar-refractivity contribution < 1.29 is 14.6 Å². The first kappa shape index (κ1) is 14.4. The second-order valence-corrected chi connectivity index (χ2v) is 5.38. The van der Waals surface area contributed by atoms with Crippen molar-refractivity contribution in [3.8, 4) is 11.5 Å². The Morgan fingerprint density at radius 1 is 1.42 bits per heavy atom. The van der Waals surface area contributed by atoms with Crippen molar-refractivity contribution in [1.82, 2.24) is 0 Å². The Balaban J connectivity index is 2.50. The SMILES string of the molecule is COc1c(C)c2c(c(O)c1CC=C(C)CBr)COC2. The van der Waals surface area contributed by atoms with E-state index in [2.05, 4.69) is 28.9 Å². The molecule has 0 fully saturated rings. The van der Waals surface area contributed by atoms with Crippen LogP contribution in [0, 0.1) is 6.92 Å². The lowest BCUT2D eigenvalue weighted by molar-refractivity contribution is 0.133.